The molecular formula is C14H18BrN3O2. The van der Waals surface area contributed by atoms with Crippen molar-refractivity contribution in [2.45, 2.75) is 25.3 Å². The largest absolute Gasteiger partial charge is 0.344 e. The van der Waals surface area contributed by atoms with Gasteiger partial charge in [-0.1, -0.05) is 0 Å². The maximum atomic E-state index is 12.7. The van der Waals surface area contributed by atoms with Crippen molar-refractivity contribution in [3.63, 3.8) is 0 Å². The number of hydrogen-bond donors (Lipinski definition) is 0. The predicted molar refractivity (Wildman–Crippen MR) is 78.6 cm³/mol. The second-order valence-electron chi connectivity index (χ2n) is 5.58. The van der Waals surface area contributed by atoms with Crippen LogP contribution in [0, 0.1) is 0 Å². The summed E-state index contributed by atoms with van der Waals surface area (Å²) in [5.41, 5.74) is 0.691. The van der Waals surface area contributed by atoms with Crippen molar-refractivity contribution < 1.29 is 9.59 Å². The van der Waals surface area contributed by atoms with Gasteiger partial charge in [-0.3, -0.25) is 9.59 Å². The van der Waals surface area contributed by atoms with Crippen molar-refractivity contribution in [3.8, 4) is 0 Å². The molecule has 5 nitrogen and oxygen atoms in total. The Bertz CT molecular complexity index is 551. The third-order valence-corrected chi connectivity index (χ3v) is 4.37. The van der Waals surface area contributed by atoms with E-state index in [4.69, 9.17) is 0 Å². The summed E-state index contributed by atoms with van der Waals surface area (Å²) in [5, 5.41) is 0. The molecule has 1 saturated carbocycles. The lowest BCUT2D eigenvalue weighted by molar-refractivity contribution is -0.129. The zero-order chi connectivity index (χ0) is 14.3. The molecule has 0 spiro atoms. The molecule has 6 heteroatoms. The van der Waals surface area contributed by atoms with Gasteiger partial charge in [-0.25, -0.2) is 0 Å². The first-order chi connectivity index (χ1) is 9.56. The zero-order valence-electron chi connectivity index (χ0n) is 11.5. The molecule has 20 heavy (non-hydrogen) atoms. The first-order valence-electron chi connectivity index (χ1n) is 6.97. The lowest BCUT2D eigenvalue weighted by atomic mass is 10.3. The van der Waals surface area contributed by atoms with Crippen LogP contribution in [-0.2, 0) is 4.79 Å². The van der Waals surface area contributed by atoms with E-state index in [0.29, 0.717) is 18.3 Å². The molecule has 0 aromatic carbocycles. The van der Waals surface area contributed by atoms with Gasteiger partial charge in [0.05, 0.1) is 0 Å². The monoisotopic (exact) mass is 339 g/mol. The van der Waals surface area contributed by atoms with E-state index in [9.17, 15) is 9.59 Å². The molecule has 108 valence electrons. The van der Waals surface area contributed by atoms with Crippen molar-refractivity contribution in [2.24, 2.45) is 0 Å². The van der Waals surface area contributed by atoms with Crippen molar-refractivity contribution in [1.29, 1.82) is 0 Å². The van der Waals surface area contributed by atoms with E-state index in [0.717, 1.165) is 30.3 Å². The maximum Gasteiger partial charge on any atom is 0.270 e. The van der Waals surface area contributed by atoms with Gasteiger partial charge in [-0.05, 0) is 41.3 Å². The summed E-state index contributed by atoms with van der Waals surface area (Å²) in [6.45, 7) is 1.54. The van der Waals surface area contributed by atoms with Gasteiger partial charge in [0, 0.05) is 36.8 Å². The Morgan fingerprint density at radius 1 is 1.35 bits per heavy atom. The number of carbonyl (C=O) groups is 2. The Morgan fingerprint density at radius 3 is 2.80 bits per heavy atom. The minimum absolute atomic E-state index is 0.0134. The summed E-state index contributed by atoms with van der Waals surface area (Å²) in [5.74, 6) is -0.0225. The van der Waals surface area contributed by atoms with Gasteiger partial charge in [0.1, 0.15) is 12.2 Å². The number of carbonyl (C=O) groups excluding carboxylic acids is 2. The Morgan fingerprint density at radius 2 is 2.10 bits per heavy atom. The van der Waals surface area contributed by atoms with E-state index < -0.39 is 0 Å². The Balaban J connectivity index is 1.83. The van der Waals surface area contributed by atoms with Gasteiger partial charge in [0.15, 0.2) is 0 Å². The number of hydrogen-bond acceptors (Lipinski definition) is 2. The lowest BCUT2D eigenvalue weighted by Gasteiger charge is -2.20. The Labute approximate surface area is 126 Å². The molecule has 0 atom stereocenters. The Kier molecular flexibility index (Phi) is 3.58. The summed E-state index contributed by atoms with van der Waals surface area (Å²) in [4.78, 5) is 28.0. The van der Waals surface area contributed by atoms with E-state index in [-0.39, 0.29) is 18.4 Å². The van der Waals surface area contributed by atoms with E-state index >= 15 is 0 Å². The van der Waals surface area contributed by atoms with Gasteiger partial charge in [-0.15, -0.1) is 0 Å². The highest BCUT2D eigenvalue weighted by Gasteiger charge is 2.31. The Hall–Kier alpha value is -1.30. The average Bonchev–Trinajstić information content (AvgIpc) is 3.20. The number of nitrogens with zero attached hydrogens (tertiary/aromatic N) is 3. The highest BCUT2D eigenvalue weighted by Crippen LogP contribution is 2.37. The van der Waals surface area contributed by atoms with Crippen LogP contribution in [0.15, 0.2) is 16.7 Å². The van der Waals surface area contributed by atoms with Crippen molar-refractivity contribution >= 4 is 27.7 Å². The lowest BCUT2D eigenvalue weighted by Crippen LogP contribution is -2.38. The fraction of sp³-hybridized carbons (Fsp3) is 0.571. The zero-order valence-corrected chi connectivity index (χ0v) is 13.1. The molecule has 0 unspecified atom stereocenters. The van der Waals surface area contributed by atoms with E-state index in [1.165, 1.54) is 0 Å². The summed E-state index contributed by atoms with van der Waals surface area (Å²) in [6.07, 6.45) is 5.06. The van der Waals surface area contributed by atoms with Crippen LogP contribution >= 0.6 is 15.9 Å². The van der Waals surface area contributed by atoms with Gasteiger partial charge in [-0.2, -0.15) is 0 Å². The van der Waals surface area contributed by atoms with Crippen LogP contribution in [0.3, 0.4) is 0 Å². The molecule has 2 amide bonds. The molecule has 0 N–H and O–H groups in total. The highest BCUT2D eigenvalue weighted by atomic mass is 79.9. The van der Waals surface area contributed by atoms with Crippen molar-refractivity contribution in [2.75, 3.05) is 26.7 Å². The first kappa shape index (κ1) is 13.7. The average molecular weight is 340 g/mol. The molecule has 2 heterocycles. The topological polar surface area (TPSA) is 45.5 Å². The number of likely N-dealkylation sites (N-methyl/N-ethyl adjacent to an activating group) is 1. The minimum Gasteiger partial charge on any atom is -0.344 e. The van der Waals surface area contributed by atoms with Crippen LogP contribution in [0.4, 0.5) is 0 Å². The smallest absolute Gasteiger partial charge is 0.270 e. The number of rotatable bonds is 2. The van der Waals surface area contributed by atoms with Crippen LogP contribution < -0.4 is 0 Å². The maximum absolute atomic E-state index is 12.7. The third kappa shape index (κ3) is 2.61. The van der Waals surface area contributed by atoms with Crippen molar-refractivity contribution in [1.82, 2.24) is 14.4 Å². The summed E-state index contributed by atoms with van der Waals surface area (Å²) < 4.78 is 2.97. The van der Waals surface area contributed by atoms with Gasteiger partial charge in [0.2, 0.25) is 5.91 Å². The van der Waals surface area contributed by atoms with Crippen LogP contribution in [0.2, 0.25) is 0 Å². The van der Waals surface area contributed by atoms with Crippen LogP contribution in [-0.4, -0.2) is 52.9 Å². The normalized spacial score (nSPS) is 20.2. The fourth-order valence-corrected chi connectivity index (χ4v) is 3.03. The molecule has 2 fully saturated rings. The van der Waals surface area contributed by atoms with E-state index in [1.54, 1.807) is 16.8 Å². The van der Waals surface area contributed by atoms with Crippen LogP contribution in [0.5, 0.6) is 0 Å². The van der Waals surface area contributed by atoms with Crippen LogP contribution in [0.1, 0.15) is 35.8 Å². The quantitative estimate of drug-likeness (QED) is 0.825. The molecule has 1 aliphatic heterocycles. The molecule has 0 bridgehead atoms. The first-order valence-corrected chi connectivity index (χ1v) is 7.76. The van der Waals surface area contributed by atoms with Gasteiger partial charge < -0.3 is 14.4 Å². The standard InChI is InChI=1S/C14H18BrN3O2/c1-16-5-2-6-17(9-13(16)19)14(20)12-7-10(15)8-18(12)11-3-4-11/h7-8,11H,2-6,9H2,1H3. The summed E-state index contributed by atoms with van der Waals surface area (Å²) >= 11 is 3.44. The number of aromatic nitrogens is 1. The fourth-order valence-electron chi connectivity index (χ4n) is 2.59. The van der Waals surface area contributed by atoms with Crippen LogP contribution in [0.25, 0.3) is 0 Å². The molecule has 2 aliphatic rings. The predicted octanol–water partition coefficient (Wildman–Crippen LogP) is 1.89. The molecule has 0 radical (unpaired) electrons. The number of amides is 2. The third-order valence-electron chi connectivity index (χ3n) is 3.94. The second-order valence-corrected chi connectivity index (χ2v) is 6.49. The molecular weight excluding hydrogens is 322 g/mol. The van der Waals surface area contributed by atoms with E-state index in [2.05, 4.69) is 15.9 Å². The van der Waals surface area contributed by atoms with Crippen molar-refractivity contribution in [3.05, 3.63) is 22.4 Å². The molecule has 1 saturated heterocycles. The molecule has 3 rings (SSSR count). The molecule has 1 aromatic rings. The van der Waals surface area contributed by atoms with E-state index in [1.807, 2.05) is 16.8 Å². The number of halogens is 1. The summed E-state index contributed by atoms with van der Waals surface area (Å²) in [7, 11) is 1.79. The minimum atomic E-state index is -0.0359. The second kappa shape index (κ2) is 5.24. The molecule has 1 aliphatic carbocycles. The van der Waals surface area contributed by atoms with Gasteiger partial charge >= 0.3 is 0 Å². The van der Waals surface area contributed by atoms with Gasteiger partial charge in [0.25, 0.3) is 5.91 Å². The highest BCUT2D eigenvalue weighted by molar-refractivity contribution is 9.10. The SMILES string of the molecule is CN1CCCN(C(=O)c2cc(Br)cn2C2CC2)CC1=O. The summed E-state index contributed by atoms with van der Waals surface area (Å²) in [6, 6.07) is 2.31. The molecule has 1 aromatic heterocycles.